The summed E-state index contributed by atoms with van der Waals surface area (Å²) in [6, 6.07) is 4.77. The Hall–Kier alpha value is -3.62. The highest BCUT2D eigenvalue weighted by Crippen LogP contribution is 2.26. The van der Waals surface area contributed by atoms with Crippen LogP contribution in [-0.4, -0.2) is 45.7 Å². The van der Waals surface area contributed by atoms with E-state index in [1.807, 2.05) is 6.08 Å². The molecule has 8 nitrogen and oxygen atoms in total. The smallest absolute Gasteiger partial charge is 0.313 e. The van der Waals surface area contributed by atoms with E-state index in [2.05, 4.69) is 9.97 Å². The van der Waals surface area contributed by atoms with Gasteiger partial charge in [0.2, 0.25) is 5.91 Å². The molecule has 0 fully saturated rings. The molecule has 1 aliphatic rings. The van der Waals surface area contributed by atoms with Gasteiger partial charge in [-0.25, -0.2) is 14.4 Å². The Bertz CT molecular complexity index is 1000. The number of amidine groups is 1. The van der Waals surface area contributed by atoms with E-state index >= 15 is 0 Å². The summed E-state index contributed by atoms with van der Waals surface area (Å²) in [5.74, 6) is -0.948. The van der Waals surface area contributed by atoms with E-state index < -0.39 is 11.8 Å². The van der Waals surface area contributed by atoms with E-state index in [0.717, 1.165) is 5.57 Å². The van der Waals surface area contributed by atoms with Gasteiger partial charge in [0.05, 0.1) is 0 Å². The summed E-state index contributed by atoms with van der Waals surface area (Å²) < 4.78 is 19.9. The number of ether oxygens (including phenoxy) is 1. The van der Waals surface area contributed by atoms with Crippen molar-refractivity contribution in [1.29, 1.82) is 5.41 Å². The molecule has 0 bridgehead atoms. The highest BCUT2D eigenvalue weighted by molar-refractivity contribution is 5.94. The first-order valence-electron chi connectivity index (χ1n) is 9.38. The summed E-state index contributed by atoms with van der Waals surface area (Å²) in [6.07, 6.45) is 5.34. The molecule has 0 saturated heterocycles. The maximum absolute atomic E-state index is 14.9. The van der Waals surface area contributed by atoms with Crippen LogP contribution in [0.1, 0.15) is 38.6 Å². The van der Waals surface area contributed by atoms with E-state index in [4.69, 9.17) is 15.9 Å². The molecule has 0 saturated carbocycles. The number of nitrogens with two attached hydrogens (primary N) is 1. The second-order valence-electron chi connectivity index (χ2n) is 6.88. The molecule has 1 aromatic heterocycles. The highest BCUT2D eigenvalue weighted by Gasteiger charge is 2.17. The van der Waals surface area contributed by atoms with Gasteiger partial charge in [-0.2, -0.15) is 0 Å². The van der Waals surface area contributed by atoms with Gasteiger partial charge in [-0.1, -0.05) is 31.7 Å². The molecule has 0 atom stereocenters. The van der Waals surface area contributed by atoms with Gasteiger partial charge in [0, 0.05) is 49.1 Å². The fraction of sp³-hybridized carbons (Fsp3) is 0.318. The van der Waals surface area contributed by atoms with Gasteiger partial charge in [0.1, 0.15) is 24.7 Å². The number of rotatable bonds is 6. The molecule has 164 valence electrons. The summed E-state index contributed by atoms with van der Waals surface area (Å²) in [4.78, 5) is 33.4. The quantitative estimate of drug-likeness (QED) is 0.415. The average Bonchev–Trinajstić information content (AvgIpc) is 2.73. The number of hydrogen-bond donors (Lipinski definition) is 2. The molecule has 0 spiro atoms. The summed E-state index contributed by atoms with van der Waals surface area (Å²) in [5, 5.41) is 7.08. The molecule has 3 N–H and O–H groups in total. The van der Waals surface area contributed by atoms with Crippen molar-refractivity contribution in [2.45, 2.75) is 33.8 Å². The number of hydrogen-bond acceptors (Lipinski definition) is 6. The van der Waals surface area contributed by atoms with Crippen LogP contribution >= 0.6 is 0 Å². The van der Waals surface area contributed by atoms with Crippen LogP contribution in [0.2, 0.25) is 0 Å². The predicted molar refractivity (Wildman–Crippen MR) is 115 cm³/mol. The van der Waals surface area contributed by atoms with E-state index in [9.17, 15) is 14.0 Å². The van der Waals surface area contributed by atoms with Gasteiger partial charge in [0.25, 0.3) is 0 Å². The lowest BCUT2D eigenvalue weighted by Gasteiger charge is -2.24. The molecule has 0 aliphatic carbocycles. The van der Waals surface area contributed by atoms with Gasteiger partial charge in [-0.3, -0.25) is 15.0 Å². The number of carbonyl (C=O) groups is 2. The normalized spacial score (nSPS) is 13.1. The number of nitrogens with zero attached hydrogens (tertiary/aromatic N) is 3. The van der Waals surface area contributed by atoms with Gasteiger partial charge in [0.15, 0.2) is 5.82 Å². The van der Waals surface area contributed by atoms with Gasteiger partial charge in [-0.05, 0) is 12.0 Å². The standard InChI is InChI=1S/C21H22FN5O3.CH4/c1-13(28)27-7-5-14(6-8-27)21-25-10-16(11-26-21)17-4-2-3-15(20(17)22)12-30-19(29)9-18(23)24;/h2-5,10-11H,6-9,12H2,1H3,(H3,23,24);1H4. The van der Waals surface area contributed by atoms with E-state index in [0.29, 0.717) is 36.5 Å². The van der Waals surface area contributed by atoms with E-state index in [-0.39, 0.29) is 37.8 Å². The number of aromatic nitrogens is 2. The molecule has 31 heavy (non-hydrogen) atoms. The second-order valence-corrected chi connectivity index (χ2v) is 6.88. The highest BCUT2D eigenvalue weighted by atomic mass is 19.1. The topological polar surface area (TPSA) is 122 Å². The van der Waals surface area contributed by atoms with Gasteiger partial charge in [-0.15, -0.1) is 0 Å². The summed E-state index contributed by atoms with van der Waals surface area (Å²) >= 11 is 0. The SMILES string of the molecule is C.CC(=O)N1CC=C(c2ncc(-c3cccc(COC(=O)CC(=N)N)c3F)cn2)CC1. The number of nitrogens with one attached hydrogen (secondary N) is 1. The maximum atomic E-state index is 14.9. The number of carbonyl (C=O) groups excluding carboxylic acids is 2. The predicted octanol–water partition coefficient (Wildman–Crippen LogP) is 2.92. The summed E-state index contributed by atoms with van der Waals surface area (Å²) in [7, 11) is 0. The van der Waals surface area contributed by atoms with Crippen molar-refractivity contribution < 1.29 is 18.7 Å². The molecule has 9 heteroatoms. The zero-order valence-corrected chi connectivity index (χ0v) is 16.5. The third-order valence-electron chi connectivity index (χ3n) is 4.71. The van der Waals surface area contributed by atoms with Crippen molar-refractivity contribution in [1.82, 2.24) is 14.9 Å². The minimum absolute atomic E-state index is 0. The first-order valence-corrected chi connectivity index (χ1v) is 9.38. The van der Waals surface area contributed by atoms with Crippen LogP contribution < -0.4 is 5.73 Å². The zero-order valence-electron chi connectivity index (χ0n) is 16.5. The molecule has 2 aromatic rings. The minimum atomic E-state index is -0.691. The van der Waals surface area contributed by atoms with Crippen molar-refractivity contribution in [3.05, 3.63) is 53.9 Å². The van der Waals surface area contributed by atoms with Crippen molar-refractivity contribution in [2.75, 3.05) is 13.1 Å². The van der Waals surface area contributed by atoms with Gasteiger partial charge >= 0.3 is 5.97 Å². The Balaban J connectivity index is 0.00000341. The van der Waals surface area contributed by atoms with Gasteiger partial charge < -0.3 is 15.4 Å². The Labute approximate surface area is 180 Å². The monoisotopic (exact) mass is 427 g/mol. The largest absolute Gasteiger partial charge is 0.460 e. The lowest BCUT2D eigenvalue weighted by atomic mass is 10.0. The second kappa shape index (κ2) is 10.4. The number of esters is 1. The molecule has 0 radical (unpaired) electrons. The fourth-order valence-corrected chi connectivity index (χ4v) is 3.07. The Kier molecular flexibility index (Phi) is 7.95. The van der Waals surface area contributed by atoms with Crippen LogP contribution in [-0.2, 0) is 20.9 Å². The fourth-order valence-electron chi connectivity index (χ4n) is 3.07. The average molecular weight is 427 g/mol. The van der Waals surface area contributed by atoms with Crippen LogP contribution in [0.25, 0.3) is 16.7 Å². The molecule has 1 amide bonds. The van der Waals surface area contributed by atoms with E-state index in [1.54, 1.807) is 29.4 Å². The third kappa shape index (κ3) is 5.94. The molecule has 2 heterocycles. The molecule has 1 aromatic carbocycles. The molecule has 1 aliphatic heterocycles. The lowest BCUT2D eigenvalue weighted by molar-refractivity contribution is -0.143. The number of benzene rings is 1. The molecular weight excluding hydrogens is 401 g/mol. The van der Waals surface area contributed by atoms with Crippen molar-refractivity contribution in [2.24, 2.45) is 5.73 Å². The van der Waals surface area contributed by atoms with E-state index in [1.165, 1.54) is 13.0 Å². The van der Waals surface area contributed by atoms with Crippen molar-refractivity contribution >= 4 is 23.3 Å². The first-order chi connectivity index (χ1) is 14.3. The molecule has 3 rings (SSSR count). The first kappa shape index (κ1) is 23.7. The summed E-state index contributed by atoms with van der Waals surface area (Å²) in [5.41, 5.74) is 7.09. The van der Waals surface area contributed by atoms with Crippen LogP contribution in [0.15, 0.2) is 36.7 Å². The van der Waals surface area contributed by atoms with Crippen LogP contribution in [0.3, 0.4) is 0 Å². The Morgan fingerprint density at radius 1 is 1.29 bits per heavy atom. The van der Waals surface area contributed by atoms with Crippen molar-refractivity contribution in [3.8, 4) is 11.1 Å². The van der Waals surface area contributed by atoms with Crippen LogP contribution in [0.4, 0.5) is 4.39 Å². The van der Waals surface area contributed by atoms with Crippen molar-refractivity contribution in [3.63, 3.8) is 0 Å². The number of amides is 1. The van der Waals surface area contributed by atoms with Crippen LogP contribution in [0.5, 0.6) is 0 Å². The minimum Gasteiger partial charge on any atom is -0.460 e. The maximum Gasteiger partial charge on any atom is 0.313 e. The Morgan fingerprint density at radius 2 is 2.00 bits per heavy atom. The number of halogens is 1. The Morgan fingerprint density at radius 3 is 2.58 bits per heavy atom. The van der Waals surface area contributed by atoms with Crippen LogP contribution in [0, 0.1) is 11.2 Å². The summed E-state index contributed by atoms with van der Waals surface area (Å²) in [6.45, 7) is 2.42. The lowest BCUT2D eigenvalue weighted by Crippen LogP contribution is -2.32. The molecular formula is C22H26FN5O3. The zero-order chi connectivity index (χ0) is 21.7. The molecule has 0 unspecified atom stereocenters. The third-order valence-corrected chi connectivity index (χ3v) is 4.71.